The van der Waals surface area contributed by atoms with Gasteiger partial charge in [-0.15, -0.1) is 11.3 Å². The molecule has 0 saturated carbocycles. The molecule has 0 amide bonds. The number of hydrogen-bond acceptors (Lipinski definition) is 5. The molecule has 0 N–H and O–H groups in total. The van der Waals surface area contributed by atoms with Crippen molar-refractivity contribution in [2.75, 3.05) is 0 Å². The fourth-order valence-electron chi connectivity index (χ4n) is 7.53. The van der Waals surface area contributed by atoms with Gasteiger partial charge in [0, 0.05) is 70.2 Å². The fraction of sp³-hybridized carbons (Fsp3) is 0. The summed E-state index contributed by atoms with van der Waals surface area (Å²) in [7, 11) is 0. The molecule has 4 aromatic heterocycles. The molecule has 0 aliphatic rings. The number of rotatable bonds is 4. The first-order valence-electron chi connectivity index (χ1n) is 16.9. The first-order valence-corrected chi connectivity index (χ1v) is 17.8. The zero-order chi connectivity index (χ0) is 33.5. The van der Waals surface area contributed by atoms with E-state index in [2.05, 4.69) is 89.5 Å². The van der Waals surface area contributed by atoms with E-state index in [-0.39, 0.29) is 0 Å². The van der Waals surface area contributed by atoms with Gasteiger partial charge in [-0.05, 0) is 42.5 Å². The molecular weight excluding hydrogens is 645 g/mol. The number of nitrogens with zero attached hydrogens (tertiary/aromatic N) is 4. The molecule has 0 fully saturated rings. The van der Waals surface area contributed by atoms with Gasteiger partial charge in [0.15, 0.2) is 17.5 Å². The molecule has 0 spiro atoms. The van der Waals surface area contributed by atoms with Crippen LogP contribution in [0.3, 0.4) is 0 Å². The fourth-order valence-corrected chi connectivity index (χ4v) is 8.66. The zero-order valence-electron chi connectivity index (χ0n) is 27.1. The number of benzene rings is 7. The molecule has 7 aromatic carbocycles. The lowest BCUT2D eigenvalue weighted by Gasteiger charge is -2.09. The van der Waals surface area contributed by atoms with E-state index in [0.29, 0.717) is 17.5 Å². The standard InChI is InChI=1S/C45H26N4OS/c1-3-12-27(13-4-1)43-46-44(28-14-5-2-6-15-28)48-45(47-43)33-18-11-20-38-42(33)32-23-22-29(24-39(32)50-38)49-36-19-9-7-16-30(36)34-26-41-35(25-37(34)49)31-17-8-10-21-40(31)51-41/h1-26H. The summed E-state index contributed by atoms with van der Waals surface area (Å²) in [5.74, 6) is 1.87. The van der Waals surface area contributed by atoms with E-state index in [1.54, 1.807) is 0 Å². The van der Waals surface area contributed by atoms with E-state index in [1.165, 1.54) is 36.5 Å². The Morgan fingerprint density at radius 1 is 0.431 bits per heavy atom. The highest BCUT2D eigenvalue weighted by Gasteiger charge is 2.20. The molecule has 0 atom stereocenters. The van der Waals surface area contributed by atoms with Crippen LogP contribution in [0.15, 0.2) is 162 Å². The average molecular weight is 671 g/mol. The molecule has 0 aliphatic heterocycles. The smallest absolute Gasteiger partial charge is 0.164 e. The van der Waals surface area contributed by atoms with E-state index in [0.717, 1.165) is 49.8 Å². The second-order valence-electron chi connectivity index (χ2n) is 12.8. The van der Waals surface area contributed by atoms with Crippen molar-refractivity contribution in [1.82, 2.24) is 19.5 Å². The molecule has 5 nitrogen and oxygen atoms in total. The lowest BCUT2D eigenvalue weighted by Crippen LogP contribution is -2.00. The Morgan fingerprint density at radius 2 is 1.12 bits per heavy atom. The Kier molecular flexibility index (Phi) is 6.05. The van der Waals surface area contributed by atoms with Crippen molar-refractivity contribution < 1.29 is 4.42 Å². The first kappa shape index (κ1) is 28.2. The molecule has 11 rings (SSSR count). The molecule has 238 valence electrons. The molecule has 0 radical (unpaired) electrons. The van der Waals surface area contributed by atoms with Gasteiger partial charge in [-0.3, -0.25) is 0 Å². The van der Waals surface area contributed by atoms with Crippen molar-refractivity contribution in [2.24, 2.45) is 0 Å². The monoisotopic (exact) mass is 670 g/mol. The zero-order valence-corrected chi connectivity index (χ0v) is 27.9. The Morgan fingerprint density at radius 3 is 1.90 bits per heavy atom. The van der Waals surface area contributed by atoms with Gasteiger partial charge in [0.1, 0.15) is 11.2 Å². The maximum Gasteiger partial charge on any atom is 0.164 e. The predicted molar refractivity (Wildman–Crippen MR) is 211 cm³/mol. The van der Waals surface area contributed by atoms with Crippen molar-refractivity contribution in [1.29, 1.82) is 0 Å². The number of fused-ring (bicyclic) bond motifs is 9. The minimum atomic E-state index is 0.606. The summed E-state index contributed by atoms with van der Waals surface area (Å²) in [4.78, 5) is 15.0. The molecule has 4 heterocycles. The summed E-state index contributed by atoms with van der Waals surface area (Å²) in [6, 6.07) is 54.9. The lowest BCUT2D eigenvalue weighted by atomic mass is 10.0. The SMILES string of the molecule is c1ccc(-c2nc(-c3ccccc3)nc(-c3cccc4oc5cc(-n6c7ccccc7c7cc8sc9ccccc9c8cc76)ccc5c34)n2)cc1. The minimum absolute atomic E-state index is 0.606. The van der Waals surface area contributed by atoms with Crippen molar-refractivity contribution in [3.8, 4) is 39.9 Å². The van der Waals surface area contributed by atoms with Gasteiger partial charge in [-0.1, -0.05) is 109 Å². The summed E-state index contributed by atoms with van der Waals surface area (Å²) in [6.07, 6.45) is 0. The molecule has 0 aliphatic carbocycles. The minimum Gasteiger partial charge on any atom is -0.456 e. The number of para-hydroxylation sites is 1. The highest BCUT2D eigenvalue weighted by atomic mass is 32.1. The number of furan rings is 1. The quantitative estimate of drug-likeness (QED) is 0.187. The van der Waals surface area contributed by atoms with Crippen LogP contribution in [0.25, 0.3) is 104 Å². The van der Waals surface area contributed by atoms with Crippen LogP contribution in [0.4, 0.5) is 0 Å². The van der Waals surface area contributed by atoms with Crippen molar-refractivity contribution in [2.45, 2.75) is 0 Å². The van der Waals surface area contributed by atoms with Gasteiger partial charge in [-0.25, -0.2) is 15.0 Å². The maximum absolute atomic E-state index is 6.64. The third-order valence-electron chi connectivity index (χ3n) is 9.85. The van der Waals surface area contributed by atoms with E-state index in [1.807, 2.05) is 84.1 Å². The second-order valence-corrected chi connectivity index (χ2v) is 13.9. The topological polar surface area (TPSA) is 56.7 Å². The van der Waals surface area contributed by atoms with Crippen LogP contribution in [0.1, 0.15) is 0 Å². The number of hydrogen-bond donors (Lipinski definition) is 0. The summed E-state index contributed by atoms with van der Waals surface area (Å²) < 4.78 is 11.6. The molecule has 0 unspecified atom stereocenters. The van der Waals surface area contributed by atoms with E-state index >= 15 is 0 Å². The van der Waals surface area contributed by atoms with Crippen LogP contribution >= 0.6 is 11.3 Å². The summed E-state index contributed by atoms with van der Waals surface area (Å²) in [5.41, 5.74) is 7.76. The van der Waals surface area contributed by atoms with Gasteiger partial charge in [-0.2, -0.15) is 0 Å². The summed E-state index contributed by atoms with van der Waals surface area (Å²) in [5, 5.41) is 7.05. The Labute approximate surface area is 295 Å². The maximum atomic E-state index is 6.64. The van der Waals surface area contributed by atoms with Crippen LogP contribution in [0.5, 0.6) is 0 Å². The molecule has 51 heavy (non-hydrogen) atoms. The molecular formula is C45H26N4OS. The average Bonchev–Trinajstić information content (AvgIpc) is 3.86. The first-order chi connectivity index (χ1) is 25.3. The number of aromatic nitrogens is 4. The van der Waals surface area contributed by atoms with Gasteiger partial charge < -0.3 is 8.98 Å². The molecule has 6 heteroatoms. The highest BCUT2D eigenvalue weighted by Crippen LogP contribution is 2.42. The van der Waals surface area contributed by atoms with E-state index in [4.69, 9.17) is 19.4 Å². The number of thiophene rings is 1. The van der Waals surface area contributed by atoms with Crippen molar-refractivity contribution in [3.05, 3.63) is 158 Å². The Bertz CT molecular complexity index is 3080. The largest absolute Gasteiger partial charge is 0.456 e. The lowest BCUT2D eigenvalue weighted by molar-refractivity contribution is 0.668. The molecule has 11 aromatic rings. The molecule has 0 saturated heterocycles. The van der Waals surface area contributed by atoms with Crippen LogP contribution in [0, 0.1) is 0 Å². The summed E-state index contributed by atoms with van der Waals surface area (Å²) in [6.45, 7) is 0. The van der Waals surface area contributed by atoms with E-state index in [9.17, 15) is 0 Å². The highest BCUT2D eigenvalue weighted by molar-refractivity contribution is 7.25. The van der Waals surface area contributed by atoms with Gasteiger partial charge in [0.2, 0.25) is 0 Å². The third kappa shape index (κ3) is 4.37. The normalized spacial score (nSPS) is 11.9. The van der Waals surface area contributed by atoms with Gasteiger partial charge in [0.25, 0.3) is 0 Å². The Hall–Kier alpha value is -6.63. The van der Waals surface area contributed by atoms with Crippen LogP contribution < -0.4 is 0 Å². The third-order valence-corrected chi connectivity index (χ3v) is 11.0. The van der Waals surface area contributed by atoms with Crippen LogP contribution in [-0.4, -0.2) is 19.5 Å². The predicted octanol–water partition coefficient (Wildman–Crippen LogP) is 12.2. The van der Waals surface area contributed by atoms with Crippen molar-refractivity contribution >= 4 is 75.3 Å². The molecule has 0 bridgehead atoms. The Balaban J connectivity index is 1.13. The van der Waals surface area contributed by atoms with Gasteiger partial charge in [0.05, 0.1) is 11.0 Å². The van der Waals surface area contributed by atoms with Crippen LogP contribution in [0.2, 0.25) is 0 Å². The summed E-state index contributed by atoms with van der Waals surface area (Å²) >= 11 is 1.85. The van der Waals surface area contributed by atoms with Crippen molar-refractivity contribution in [3.63, 3.8) is 0 Å². The van der Waals surface area contributed by atoms with E-state index < -0.39 is 0 Å². The van der Waals surface area contributed by atoms with Gasteiger partial charge >= 0.3 is 0 Å². The van der Waals surface area contributed by atoms with Crippen LogP contribution in [-0.2, 0) is 0 Å². The second kappa shape index (κ2) is 10.9.